The highest BCUT2D eigenvalue weighted by molar-refractivity contribution is 7.22. The van der Waals surface area contributed by atoms with E-state index in [0.717, 1.165) is 32.4 Å². The minimum atomic E-state index is -0.117. The number of thiazole rings is 1. The van der Waals surface area contributed by atoms with Gasteiger partial charge in [0.05, 0.1) is 30.9 Å². The molecule has 0 unspecified atom stereocenters. The van der Waals surface area contributed by atoms with Gasteiger partial charge in [0.25, 0.3) is 0 Å². The summed E-state index contributed by atoms with van der Waals surface area (Å²) in [6.45, 7) is 0. The number of fused-ring (bicyclic) bond motifs is 3. The molecule has 7 heteroatoms. The lowest BCUT2D eigenvalue weighted by atomic mass is 10.1. The average molecular weight is 379 g/mol. The van der Waals surface area contributed by atoms with Crippen molar-refractivity contribution in [1.82, 2.24) is 9.97 Å². The molecule has 0 saturated carbocycles. The van der Waals surface area contributed by atoms with Crippen molar-refractivity contribution in [2.24, 2.45) is 0 Å². The van der Waals surface area contributed by atoms with Crippen LogP contribution in [0.5, 0.6) is 11.5 Å². The lowest BCUT2D eigenvalue weighted by Crippen LogP contribution is -2.14. The smallest absolute Gasteiger partial charge is 0.230 e. The fourth-order valence-electron chi connectivity index (χ4n) is 2.90. The number of ether oxygens (including phenoxy) is 2. The highest BCUT2D eigenvalue weighted by Crippen LogP contribution is 2.36. The second kappa shape index (κ2) is 7.20. The van der Waals surface area contributed by atoms with E-state index in [9.17, 15) is 4.79 Å². The molecule has 2 heterocycles. The van der Waals surface area contributed by atoms with Crippen molar-refractivity contribution < 1.29 is 14.3 Å². The number of hydrogen-bond acceptors (Lipinski definition) is 6. The van der Waals surface area contributed by atoms with Crippen LogP contribution in [0.3, 0.4) is 0 Å². The lowest BCUT2D eigenvalue weighted by molar-refractivity contribution is -0.115. The number of pyridine rings is 1. The molecule has 6 nitrogen and oxygen atoms in total. The Bertz CT molecular complexity index is 1120. The monoisotopic (exact) mass is 379 g/mol. The molecule has 0 aliphatic heterocycles. The van der Waals surface area contributed by atoms with Crippen molar-refractivity contribution in [2.45, 2.75) is 6.42 Å². The molecular weight excluding hydrogens is 362 g/mol. The number of hydrogen-bond donors (Lipinski definition) is 1. The van der Waals surface area contributed by atoms with Gasteiger partial charge in [0.2, 0.25) is 5.91 Å². The van der Waals surface area contributed by atoms with Crippen molar-refractivity contribution in [3.63, 3.8) is 0 Å². The van der Waals surface area contributed by atoms with Crippen LogP contribution in [0.4, 0.5) is 5.13 Å². The summed E-state index contributed by atoms with van der Waals surface area (Å²) in [5, 5.41) is 4.35. The predicted octanol–water partition coefficient (Wildman–Crippen LogP) is 4.04. The first-order valence-electron chi connectivity index (χ1n) is 8.33. The van der Waals surface area contributed by atoms with Crippen molar-refractivity contribution in [3.8, 4) is 11.5 Å². The third-order valence-corrected chi connectivity index (χ3v) is 5.12. The molecule has 0 bridgehead atoms. The topological polar surface area (TPSA) is 73.3 Å². The Kier molecular flexibility index (Phi) is 4.60. The van der Waals surface area contributed by atoms with Gasteiger partial charge in [0.15, 0.2) is 5.13 Å². The third-order valence-electron chi connectivity index (χ3n) is 4.20. The molecule has 4 rings (SSSR count). The number of nitrogens with one attached hydrogen (secondary N) is 1. The van der Waals surface area contributed by atoms with Gasteiger partial charge in [0, 0.05) is 17.6 Å². The van der Waals surface area contributed by atoms with Gasteiger partial charge in [-0.05, 0) is 29.8 Å². The fraction of sp³-hybridized carbons (Fsp3) is 0.150. The first-order chi connectivity index (χ1) is 13.2. The number of nitrogens with zero attached hydrogens (tertiary/aromatic N) is 2. The van der Waals surface area contributed by atoms with E-state index in [1.54, 1.807) is 20.4 Å². The molecule has 2 aromatic heterocycles. The number of anilines is 1. The first-order valence-corrected chi connectivity index (χ1v) is 9.14. The molecule has 0 spiro atoms. The molecule has 4 aromatic rings. The molecule has 0 aliphatic carbocycles. The van der Waals surface area contributed by atoms with Crippen LogP contribution in [0.1, 0.15) is 5.56 Å². The summed E-state index contributed by atoms with van der Waals surface area (Å²) < 4.78 is 11.5. The molecule has 27 heavy (non-hydrogen) atoms. The Morgan fingerprint density at radius 1 is 1.11 bits per heavy atom. The summed E-state index contributed by atoms with van der Waals surface area (Å²) in [6.07, 6.45) is 1.99. The molecule has 0 fully saturated rings. The maximum Gasteiger partial charge on any atom is 0.230 e. The van der Waals surface area contributed by atoms with Gasteiger partial charge in [0.1, 0.15) is 17.0 Å². The number of carbonyl (C=O) groups excluding carboxylic acids is 1. The highest BCUT2D eigenvalue weighted by atomic mass is 32.1. The molecular formula is C20H17N3O3S. The molecule has 0 atom stereocenters. The Morgan fingerprint density at radius 2 is 1.93 bits per heavy atom. The second-order valence-electron chi connectivity index (χ2n) is 5.92. The van der Waals surface area contributed by atoms with Gasteiger partial charge in [-0.1, -0.05) is 23.5 Å². The zero-order valence-corrected chi connectivity index (χ0v) is 15.7. The van der Waals surface area contributed by atoms with Crippen molar-refractivity contribution in [3.05, 3.63) is 54.2 Å². The van der Waals surface area contributed by atoms with Gasteiger partial charge >= 0.3 is 0 Å². The van der Waals surface area contributed by atoms with E-state index >= 15 is 0 Å². The summed E-state index contributed by atoms with van der Waals surface area (Å²) in [6, 6.07) is 13.2. The molecule has 0 aliphatic rings. The Morgan fingerprint density at radius 3 is 2.67 bits per heavy atom. The summed E-state index contributed by atoms with van der Waals surface area (Å²) >= 11 is 1.42. The van der Waals surface area contributed by atoms with E-state index in [1.165, 1.54) is 11.3 Å². The molecule has 136 valence electrons. The van der Waals surface area contributed by atoms with Crippen LogP contribution in [-0.4, -0.2) is 30.1 Å². The first kappa shape index (κ1) is 17.2. The van der Waals surface area contributed by atoms with Crippen LogP contribution in [-0.2, 0) is 11.2 Å². The lowest BCUT2D eigenvalue weighted by Gasteiger charge is -2.04. The van der Waals surface area contributed by atoms with Crippen LogP contribution in [0, 0.1) is 0 Å². The zero-order valence-electron chi connectivity index (χ0n) is 14.9. The average Bonchev–Trinajstić information content (AvgIpc) is 3.10. The highest BCUT2D eigenvalue weighted by Gasteiger charge is 2.14. The number of aromatic nitrogens is 2. The minimum Gasteiger partial charge on any atom is -0.497 e. The summed E-state index contributed by atoms with van der Waals surface area (Å²) in [5.41, 5.74) is 2.48. The van der Waals surface area contributed by atoms with E-state index in [-0.39, 0.29) is 12.3 Å². The SMILES string of the molecule is COc1ccc(CC(=O)Nc2nc3c(cc(OC)c4ncccc43)s2)cc1. The maximum atomic E-state index is 12.4. The molecule has 1 amide bonds. The molecule has 1 N–H and O–H groups in total. The van der Waals surface area contributed by atoms with E-state index in [2.05, 4.69) is 15.3 Å². The van der Waals surface area contributed by atoms with E-state index < -0.39 is 0 Å². The molecule has 0 saturated heterocycles. The predicted molar refractivity (Wildman–Crippen MR) is 107 cm³/mol. The summed E-state index contributed by atoms with van der Waals surface area (Å²) in [5.74, 6) is 1.34. The maximum absolute atomic E-state index is 12.4. The van der Waals surface area contributed by atoms with Crippen LogP contribution in [0.25, 0.3) is 21.1 Å². The Balaban J connectivity index is 1.60. The Labute approximate surface area is 159 Å². The van der Waals surface area contributed by atoms with Crippen molar-refractivity contribution >= 4 is 43.5 Å². The number of methoxy groups -OCH3 is 2. The number of benzene rings is 2. The number of rotatable bonds is 5. The standard InChI is InChI=1S/C20H17N3O3S/c1-25-13-7-5-12(6-8-13)10-17(24)22-20-23-19-14-4-3-9-21-18(14)15(26-2)11-16(19)27-20/h3-9,11H,10H2,1-2H3,(H,22,23,24). The van der Waals surface area contributed by atoms with Crippen molar-refractivity contribution in [2.75, 3.05) is 19.5 Å². The summed E-state index contributed by atoms with van der Waals surface area (Å²) in [7, 11) is 3.23. The largest absolute Gasteiger partial charge is 0.497 e. The fourth-order valence-corrected chi connectivity index (χ4v) is 3.83. The van der Waals surface area contributed by atoms with E-state index in [1.807, 2.05) is 42.5 Å². The Hall–Kier alpha value is -3.19. The van der Waals surface area contributed by atoms with Gasteiger partial charge < -0.3 is 14.8 Å². The molecule has 2 aromatic carbocycles. The van der Waals surface area contributed by atoms with Gasteiger partial charge in [-0.15, -0.1) is 0 Å². The van der Waals surface area contributed by atoms with Crippen LogP contribution in [0.2, 0.25) is 0 Å². The minimum absolute atomic E-state index is 0.117. The van der Waals surface area contributed by atoms with Crippen molar-refractivity contribution in [1.29, 1.82) is 0 Å². The third kappa shape index (κ3) is 3.41. The normalized spacial score (nSPS) is 10.9. The van der Waals surface area contributed by atoms with Gasteiger partial charge in [-0.3, -0.25) is 9.78 Å². The number of carbonyl (C=O) groups is 1. The molecule has 0 radical (unpaired) electrons. The number of amides is 1. The van der Waals surface area contributed by atoms with Crippen LogP contribution in [0.15, 0.2) is 48.7 Å². The second-order valence-corrected chi connectivity index (χ2v) is 6.95. The van der Waals surface area contributed by atoms with Gasteiger partial charge in [-0.25, -0.2) is 4.98 Å². The van der Waals surface area contributed by atoms with Crippen LogP contribution < -0.4 is 14.8 Å². The van der Waals surface area contributed by atoms with Crippen LogP contribution >= 0.6 is 11.3 Å². The van der Waals surface area contributed by atoms with Gasteiger partial charge in [-0.2, -0.15) is 0 Å². The van der Waals surface area contributed by atoms with E-state index in [0.29, 0.717) is 10.9 Å². The quantitative estimate of drug-likeness (QED) is 0.566. The zero-order chi connectivity index (χ0) is 18.8. The summed E-state index contributed by atoms with van der Waals surface area (Å²) in [4.78, 5) is 21.4. The van der Waals surface area contributed by atoms with E-state index in [4.69, 9.17) is 9.47 Å².